The van der Waals surface area contributed by atoms with Crippen LogP contribution in [0, 0.1) is 0 Å². The van der Waals surface area contributed by atoms with Gasteiger partial charge in [0, 0.05) is 51.5 Å². The van der Waals surface area contributed by atoms with Crippen molar-refractivity contribution < 1.29 is 0 Å². The van der Waals surface area contributed by atoms with Crippen LogP contribution in [-0.4, -0.2) is 62.5 Å². The molecule has 7 nitrogen and oxygen atoms in total. The van der Waals surface area contributed by atoms with Crippen LogP contribution >= 0.6 is 0 Å². The molecule has 0 N–H and O–H groups in total. The van der Waals surface area contributed by atoms with E-state index in [1.54, 1.807) is 16.9 Å². The molecule has 1 aliphatic carbocycles. The number of hydrogen-bond donors (Lipinski definition) is 0. The van der Waals surface area contributed by atoms with E-state index in [1.165, 1.54) is 0 Å². The van der Waals surface area contributed by atoms with Gasteiger partial charge in [-0.1, -0.05) is 0 Å². The Bertz CT molecular complexity index is 767. The van der Waals surface area contributed by atoms with Gasteiger partial charge < -0.3 is 0 Å². The van der Waals surface area contributed by atoms with Gasteiger partial charge in [-0.3, -0.25) is 14.6 Å². The molecule has 1 aliphatic heterocycles. The number of aromatic nitrogens is 4. The van der Waals surface area contributed by atoms with Crippen molar-refractivity contribution in [1.82, 2.24) is 29.8 Å². The molecule has 0 unspecified atom stereocenters. The van der Waals surface area contributed by atoms with E-state index in [0.717, 1.165) is 75.5 Å². The topological polar surface area (TPSA) is 67.2 Å². The molecular formula is C18H24N6O. The number of rotatable bonds is 5. The second kappa shape index (κ2) is 7.41. The second-order valence-electron chi connectivity index (χ2n) is 6.86. The highest BCUT2D eigenvalue weighted by Gasteiger charge is 2.18. The maximum absolute atomic E-state index is 12.2. The molecule has 2 aromatic heterocycles. The Labute approximate surface area is 147 Å². The lowest BCUT2D eigenvalue weighted by Crippen LogP contribution is -2.47. The predicted octanol–water partition coefficient (Wildman–Crippen LogP) is 0.340. The van der Waals surface area contributed by atoms with Gasteiger partial charge in [-0.25, -0.2) is 4.68 Å². The fourth-order valence-corrected chi connectivity index (χ4v) is 3.65. The molecule has 0 saturated carbocycles. The number of fused-ring (bicyclic) bond motifs is 1. The first-order valence-electron chi connectivity index (χ1n) is 9.09. The molecule has 0 radical (unpaired) electrons. The summed E-state index contributed by atoms with van der Waals surface area (Å²) in [6.45, 7) is 6.47. The molecule has 2 aromatic rings. The fraction of sp³-hybridized carbons (Fsp3) is 0.556. The molecule has 3 heterocycles. The minimum atomic E-state index is 0.0435. The van der Waals surface area contributed by atoms with Gasteiger partial charge in [0.25, 0.3) is 5.56 Å². The van der Waals surface area contributed by atoms with Crippen molar-refractivity contribution in [3.63, 3.8) is 0 Å². The minimum absolute atomic E-state index is 0.0435. The van der Waals surface area contributed by atoms with Gasteiger partial charge in [-0.2, -0.15) is 15.3 Å². The molecule has 25 heavy (non-hydrogen) atoms. The largest absolute Gasteiger partial charge is 0.299 e. The minimum Gasteiger partial charge on any atom is -0.299 e. The van der Waals surface area contributed by atoms with Crippen LogP contribution < -0.4 is 5.56 Å². The maximum Gasteiger partial charge on any atom is 0.267 e. The average Bonchev–Trinajstić information content (AvgIpc) is 3.09. The molecule has 1 saturated heterocycles. The highest BCUT2D eigenvalue weighted by molar-refractivity contribution is 5.22. The summed E-state index contributed by atoms with van der Waals surface area (Å²) < 4.78 is 1.65. The zero-order valence-electron chi connectivity index (χ0n) is 14.5. The van der Waals surface area contributed by atoms with Gasteiger partial charge in [0.05, 0.1) is 17.9 Å². The maximum atomic E-state index is 12.2. The average molecular weight is 340 g/mol. The van der Waals surface area contributed by atoms with Crippen molar-refractivity contribution in [1.29, 1.82) is 0 Å². The van der Waals surface area contributed by atoms with Gasteiger partial charge in [-0.05, 0) is 37.0 Å². The third-order valence-corrected chi connectivity index (χ3v) is 5.13. The highest BCUT2D eigenvalue weighted by Crippen LogP contribution is 2.16. The summed E-state index contributed by atoms with van der Waals surface area (Å²) in [5.74, 6) is 0. The SMILES string of the molecule is O=c1cc2c(nn1CCN1CCN(Cc3cccnn3)CC1)CCC2. The zero-order valence-corrected chi connectivity index (χ0v) is 14.5. The number of nitrogens with zero attached hydrogens (tertiary/aromatic N) is 6. The standard InChI is InChI=1S/C18H24N6O/c25-18-13-15-3-1-5-17(15)21-24(18)12-11-22-7-9-23(10-8-22)14-16-4-2-6-19-20-16/h2,4,6,13H,1,3,5,7-12,14H2. The van der Waals surface area contributed by atoms with Crippen molar-refractivity contribution in [3.8, 4) is 0 Å². The van der Waals surface area contributed by atoms with Crippen molar-refractivity contribution >= 4 is 0 Å². The first-order valence-corrected chi connectivity index (χ1v) is 9.09. The third-order valence-electron chi connectivity index (χ3n) is 5.13. The Hall–Kier alpha value is -2.12. The molecular weight excluding hydrogens is 316 g/mol. The van der Waals surface area contributed by atoms with Gasteiger partial charge >= 0.3 is 0 Å². The van der Waals surface area contributed by atoms with Crippen molar-refractivity contribution in [2.45, 2.75) is 32.4 Å². The Morgan fingerprint density at radius 2 is 1.88 bits per heavy atom. The zero-order chi connectivity index (χ0) is 17.1. The van der Waals surface area contributed by atoms with E-state index in [4.69, 9.17) is 0 Å². The van der Waals surface area contributed by atoms with Crippen LogP contribution in [0.15, 0.2) is 29.2 Å². The molecule has 0 atom stereocenters. The molecule has 2 aliphatic rings. The van der Waals surface area contributed by atoms with Crippen molar-refractivity contribution in [2.24, 2.45) is 0 Å². The highest BCUT2D eigenvalue weighted by atomic mass is 16.1. The lowest BCUT2D eigenvalue weighted by molar-refractivity contribution is 0.121. The molecule has 0 spiro atoms. The van der Waals surface area contributed by atoms with E-state index in [1.807, 2.05) is 12.1 Å². The van der Waals surface area contributed by atoms with Crippen molar-refractivity contribution in [3.05, 3.63) is 51.7 Å². The monoisotopic (exact) mass is 340 g/mol. The quantitative estimate of drug-likeness (QED) is 0.782. The third kappa shape index (κ3) is 3.93. The first-order chi connectivity index (χ1) is 12.3. The van der Waals surface area contributed by atoms with Gasteiger partial charge in [0.15, 0.2) is 0 Å². The Morgan fingerprint density at radius 3 is 2.68 bits per heavy atom. The number of hydrogen-bond acceptors (Lipinski definition) is 6. The lowest BCUT2D eigenvalue weighted by Gasteiger charge is -2.34. The normalized spacial score (nSPS) is 18.4. The summed E-state index contributed by atoms with van der Waals surface area (Å²) in [5.41, 5.74) is 3.33. The van der Waals surface area contributed by atoms with Gasteiger partial charge in [-0.15, -0.1) is 0 Å². The van der Waals surface area contributed by atoms with E-state index in [0.29, 0.717) is 6.54 Å². The molecule has 0 bridgehead atoms. The number of piperazine rings is 1. The molecule has 1 fully saturated rings. The van der Waals surface area contributed by atoms with E-state index >= 15 is 0 Å². The Balaban J connectivity index is 1.27. The van der Waals surface area contributed by atoms with Gasteiger partial charge in [0.2, 0.25) is 0 Å². The van der Waals surface area contributed by atoms with Crippen LogP contribution in [-0.2, 0) is 25.9 Å². The molecule has 0 amide bonds. The van der Waals surface area contributed by atoms with E-state index in [2.05, 4.69) is 25.1 Å². The fourth-order valence-electron chi connectivity index (χ4n) is 3.65. The summed E-state index contributed by atoms with van der Waals surface area (Å²) in [6.07, 6.45) is 4.85. The van der Waals surface area contributed by atoms with E-state index < -0.39 is 0 Å². The van der Waals surface area contributed by atoms with Crippen LogP contribution in [0.3, 0.4) is 0 Å². The summed E-state index contributed by atoms with van der Waals surface area (Å²) in [4.78, 5) is 17.0. The molecule has 0 aromatic carbocycles. The van der Waals surface area contributed by atoms with Crippen molar-refractivity contribution in [2.75, 3.05) is 32.7 Å². The van der Waals surface area contributed by atoms with Crippen LogP contribution in [0.1, 0.15) is 23.4 Å². The van der Waals surface area contributed by atoms with Crippen LogP contribution in [0.4, 0.5) is 0 Å². The summed E-state index contributed by atoms with van der Waals surface area (Å²) in [5, 5.41) is 12.6. The van der Waals surface area contributed by atoms with E-state index in [-0.39, 0.29) is 5.56 Å². The lowest BCUT2D eigenvalue weighted by atomic mass is 10.2. The Kier molecular flexibility index (Phi) is 4.85. The molecule has 7 heteroatoms. The summed E-state index contributed by atoms with van der Waals surface area (Å²) in [7, 11) is 0. The van der Waals surface area contributed by atoms with Crippen LogP contribution in [0.5, 0.6) is 0 Å². The number of aryl methyl sites for hydroxylation is 2. The van der Waals surface area contributed by atoms with E-state index in [9.17, 15) is 4.79 Å². The first kappa shape index (κ1) is 16.4. The van der Waals surface area contributed by atoms with Gasteiger partial charge in [0.1, 0.15) is 0 Å². The van der Waals surface area contributed by atoms with Crippen LogP contribution in [0.2, 0.25) is 0 Å². The van der Waals surface area contributed by atoms with Crippen LogP contribution in [0.25, 0.3) is 0 Å². The smallest absolute Gasteiger partial charge is 0.267 e. The predicted molar refractivity (Wildman–Crippen MR) is 94.3 cm³/mol. The Morgan fingerprint density at radius 1 is 1.04 bits per heavy atom. The summed E-state index contributed by atoms with van der Waals surface area (Å²) in [6, 6.07) is 5.74. The molecule has 132 valence electrons. The molecule has 4 rings (SSSR count). The summed E-state index contributed by atoms with van der Waals surface area (Å²) >= 11 is 0. The second-order valence-corrected chi connectivity index (χ2v) is 6.86.